The number of quaternary nitrogens is 1. The first-order chi connectivity index (χ1) is 15.0. The van der Waals surface area contributed by atoms with Gasteiger partial charge in [0.05, 0.1) is 33.4 Å². The fraction of sp³-hybridized carbons (Fsp3) is 0.421. The molecular weight excluding hydrogens is 444 g/mol. The van der Waals surface area contributed by atoms with Crippen LogP contribution in [0.3, 0.4) is 0 Å². The molecule has 1 saturated heterocycles. The van der Waals surface area contributed by atoms with Crippen LogP contribution in [0.25, 0.3) is 0 Å². The van der Waals surface area contributed by atoms with Crippen molar-refractivity contribution in [2.45, 2.75) is 18.0 Å². The van der Waals surface area contributed by atoms with Crippen LogP contribution in [0.15, 0.2) is 28.3 Å². The highest BCUT2D eigenvalue weighted by molar-refractivity contribution is 8.00. The summed E-state index contributed by atoms with van der Waals surface area (Å²) in [5.74, 6) is -3.24. The number of nitrogens with one attached hydrogen (secondary N) is 1. The second kappa shape index (κ2) is 8.67. The smallest absolute Gasteiger partial charge is 0.352 e. The van der Waals surface area contributed by atoms with E-state index in [9.17, 15) is 39.3 Å². The van der Waals surface area contributed by atoms with Gasteiger partial charge in [0, 0.05) is 17.4 Å². The number of carbonyl (C=O) groups excluding carboxylic acids is 2. The molecule has 172 valence electrons. The number of carboxylic acids is 2. The zero-order chi connectivity index (χ0) is 23.8. The van der Waals surface area contributed by atoms with Crippen molar-refractivity contribution < 1.29 is 39.0 Å². The Hall–Kier alpha value is -3.32. The Kier molecular flexibility index (Phi) is 6.32. The molecule has 3 rings (SSSR count). The number of hydrogen-bond donors (Lipinski definition) is 4. The molecule has 0 bridgehead atoms. The first-order valence-electron chi connectivity index (χ1n) is 9.55. The number of hydrogen-bond acceptors (Lipinski definition) is 7. The zero-order valence-electron chi connectivity index (χ0n) is 17.3. The fourth-order valence-electron chi connectivity index (χ4n) is 3.80. The molecule has 13 heteroatoms. The summed E-state index contributed by atoms with van der Waals surface area (Å²) >= 11 is 1.36. The Morgan fingerprint density at radius 2 is 1.97 bits per heavy atom. The number of β-lactam (4-membered cyclic amide) rings is 1. The number of likely N-dealkylation sites (N-methyl/N-ethyl adjacent to an activating group) is 1. The van der Waals surface area contributed by atoms with Gasteiger partial charge in [0.15, 0.2) is 5.75 Å². The topological polar surface area (TPSA) is 166 Å². The molecule has 1 fully saturated rings. The SMILES string of the molecule is C[N+](C)(CCn1cc(O)c(=O)cc1C(=O)O)CC1=C(C(=O)O)N2C(=O)[C@@H](NC=O)[C@@H]2SC1. The zero-order valence-corrected chi connectivity index (χ0v) is 18.2. The summed E-state index contributed by atoms with van der Waals surface area (Å²) in [6.07, 6.45) is 1.48. The van der Waals surface area contributed by atoms with Crippen molar-refractivity contribution in [1.82, 2.24) is 14.8 Å². The number of thioether (sulfide) groups is 1. The van der Waals surface area contributed by atoms with E-state index < -0.39 is 40.4 Å². The largest absolute Gasteiger partial charge is 0.503 e. The van der Waals surface area contributed by atoms with E-state index in [1.54, 1.807) is 0 Å². The highest BCUT2D eigenvalue weighted by Gasteiger charge is 2.54. The average Bonchev–Trinajstić information content (AvgIpc) is 2.71. The van der Waals surface area contributed by atoms with Crippen LogP contribution in [0, 0.1) is 0 Å². The van der Waals surface area contributed by atoms with E-state index in [1.807, 2.05) is 14.1 Å². The number of pyridine rings is 1. The molecule has 0 unspecified atom stereocenters. The number of rotatable bonds is 9. The summed E-state index contributed by atoms with van der Waals surface area (Å²) < 4.78 is 1.51. The maximum atomic E-state index is 12.4. The van der Waals surface area contributed by atoms with Gasteiger partial charge in [-0.25, -0.2) is 9.59 Å². The second-order valence-corrected chi connectivity index (χ2v) is 9.26. The second-order valence-electron chi connectivity index (χ2n) is 8.15. The lowest BCUT2D eigenvalue weighted by Crippen LogP contribution is -2.69. The van der Waals surface area contributed by atoms with Crippen molar-refractivity contribution in [2.75, 3.05) is 32.9 Å². The van der Waals surface area contributed by atoms with Crippen LogP contribution in [-0.2, 0) is 20.9 Å². The highest BCUT2D eigenvalue weighted by atomic mass is 32.2. The Bertz CT molecular complexity index is 1080. The molecule has 1 aromatic rings. The fourth-order valence-corrected chi connectivity index (χ4v) is 5.15. The van der Waals surface area contributed by atoms with E-state index in [0.717, 1.165) is 12.3 Å². The lowest BCUT2D eigenvalue weighted by Gasteiger charge is -2.49. The standard InChI is InChI=1S/C19H22N4O8S/c1-23(2,4-3-21-6-13(26)12(25)5-11(21)18(28)29)7-10-8-32-17-14(20-9-24)16(27)22(17)15(10)19(30)31/h5-6,9,14,17H,3-4,7-8H2,1-2H3,(H3-,20,24,26,28,29,30,31)/p+1/t14-,17+/m1/s1. The number of aromatic hydroxyl groups is 1. The van der Waals surface area contributed by atoms with Gasteiger partial charge in [0.1, 0.15) is 29.4 Å². The van der Waals surface area contributed by atoms with Gasteiger partial charge in [-0.05, 0) is 0 Å². The number of aromatic carboxylic acids is 1. The van der Waals surface area contributed by atoms with Crippen LogP contribution in [0.4, 0.5) is 0 Å². The monoisotopic (exact) mass is 467 g/mol. The van der Waals surface area contributed by atoms with Crippen molar-refractivity contribution in [3.63, 3.8) is 0 Å². The van der Waals surface area contributed by atoms with Gasteiger partial charge in [-0.3, -0.25) is 19.3 Å². The third kappa shape index (κ3) is 4.34. The van der Waals surface area contributed by atoms with Crippen LogP contribution in [0.1, 0.15) is 10.5 Å². The minimum atomic E-state index is -1.31. The maximum absolute atomic E-state index is 12.4. The Labute approximate surface area is 186 Å². The maximum Gasteiger partial charge on any atom is 0.352 e. The van der Waals surface area contributed by atoms with Crippen LogP contribution < -0.4 is 10.7 Å². The lowest BCUT2D eigenvalue weighted by atomic mass is 10.0. The summed E-state index contributed by atoms with van der Waals surface area (Å²) in [5.41, 5.74) is -0.614. The molecule has 2 amide bonds. The number of nitrogens with zero attached hydrogens (tertiary/aromatic N) is 3. The van der Waals surface area contributed by atoms with Gasteiger partial charge in [-0.1, -0.05) is 0 Å². The normalized spacial score (nSPS) is 20.4. The summed E-state index contributed by atoms with van der Waals surface area (Å²) in [5, 5.41) is 30.7. The number of aromatic nitrogens is 1. The van der Waals surface area contributed by atoms with Crippen molar-refractivity contribution in [3.05, 3.63) is 39.5 Å². The van der Waals surface area contributed by atoms with Crippen LogP contribution in [-0.4, -0.2) is 97.9 Å². The Balaban J connectivity index is 1.80. The minimum Gasteiger partial charge on any atom is -0.503 e. The van der Waals surface area contributed by atoms with Crippen LogP contribution >= 0.6 is 11.8 Å². The molecule has 0 radical (unpaired) electrons. The molecule has 32 heavy (non-hydrogen) atoms. The predicted octanol–water partition coefficient (Wildman–Crippen LogP) is -1.30. The van der Waals surface area contributed by atoms with Crippen LogP contribution in [0.5, 0.6) is 5.75 Å². The Morgan fingerprint density at radius 1 is 1.28 bits per heavy atom. The highest BCUT2D eigenvalue weighted by Crippen LogP contribution is 2.40. The van der Waals surface area contributed by atoms with Gasteiger partial charge in [-0.2, -0.15) is 0 Å². The predicted molar refractivity (Wildman–Crippen MR) is 112 cm³/mol. The molecule has 0 saturated carbocycles. The van der Waals surface area contributed by atoms with E-state index in [1.165, 1.54) is 21.2 Å². The number of fused-ring (bicyclic) bond motifs is 1. The Morgan fingerprint density at radius 3 is 2.56 bits per heavy atom. The van der Waals surface area contributed by atoms with Gasteiger partial charge in [0.25, 0.3) is 5.91 Å². The molecule has 3 heterocycles. The number of carboxylic acid groups (broad SMARTS) is 2. The van der Waals surface area contributed by atoms with E-state index in [0.29, 0.717) is 24.3 Å². The molecule has 2 aliphatic rings. The van der Waals surface area contributed by atoms with Gasteiger partial charge in [-0.15, -0.1) is 11.8 Å². The summed E-state index contributed by atoms with van der Waals surface area (Å²) in [6.45, 7) is 0.754. The number of carbonyl (C=O) groups is 4. The van der Waals surface area contributed by atoms with Crippen molar-refractivity contribution >= 4 is 36.0 Å². The number of aliphatic carboxylic acids is 1. The summed E-state index contributed by atoms with van der Waals surface area (Å²) in [4.78, 5) is 59.2. The van der Waals surface area contributed by atoms with Crippen molar-refractivity contribution in [1.29, 1.82) is 0 Å². The molecule has 0 aromatic carbocycles. The third-order valence-electron chi connectivity index (χ3n) is 5.39. The van der Waals surface area contributed by atoms with Crippen LogP contribution in [0.2, 0.25) is 0 Å². The van der Waals surface area contributed by atoms with Gasteiger partial charge < -0.3 is 29.7 Å². The number of amides is 2. The van der Waals surface area contributed by atoms with E-state index in [2.05, 4.69) is 5.32 Å². The summed E-state index contributed by atoms with van der Waals surface area (Å²) in [6, 6.07) is 0.0957. The minimum absolute atomic E-state index is 0.0962. The van der Waals surface area contributed by atoms with Gasteiger partial charge >= 0.3 is 11.9 Å². The van der Waals surface area contributed by atoms with E-state index in [-0.39, 0.29) is 29.0 Å². The first-order valence-corrected chi connectivity index (χ1v) is 10.6. The van der Waals surface area contributed by atoms with Crippen molar-refractivity contribution in [3.8, 4) is 5.75 Å². The summed E-state index contributed by atoms with van der Waals surface area (Å²) in [7, 11) is 3.64. The molecule has 4 N–H and O–H groups in total. The van der Waals surface area contributed by atoms with E-state index >= 15 is 0 Å². The first kappa shape index (κ1) is 23.3. The van der Waals surface area contributed by atoms with E-state index in [4.69, 9.17) is 0 Å². The lowest BCUT2D eigenvalue weighted by molar-refractivity contribution is -0.886. The molecular formula is C19H23N4O8S+. The molecule has 2 atom stereocenters. The van der Waals surface area contributed by atoms with Gasteiger partial charge in [0.2, 0.25) is 11.8 Å². The molecule has 0 aliphatic carbocycles. The molecule has 12 nitrogen and oxygen atoms in total. The third-order valence-corrected chi connectivity index (χ3v) is 6.73. The average molecular weight is 467 g/mol. The molecule has 2 aliphatic heterocycles. The molecule has 1 aromatic heterocycles. The quantitative estimate of drug-likeness (QED) is 0.196. The molecule has 0 spiro atoms. The van der Waals surface area contributed by atoms with Crippen molar-refractivity contribution in [2.24, 2.45) is 0 Å².